The Kier molecular flexibility index (Phi) is 7.21. The summed E-state index contributed by atoms with van der Waals surface area (Å²) in [6.45, 7) is 1.09. The third-order valence-corrected chi connectivity index (χ3v) is 4.44. The fourth-order valence-corrected chi connectivity index (χ4v) is 2.53. The summed E-state index contributed by atoms with van der Waals surface area (Å²) in [5.41, 5.74) is 0.934. The Labute approximate surface area is 167 Å². The first-order valence-corrected chi connectivity index (χ1v) is 8.80. The van der Waals surface area contributed by atoms with E-state index in [4.69, 9.17) is 27.9 Å². The standard InChI is InChI=1S/C19H18Cl2N2O4/c1-12(19(26)23(2)14-6-4-3-5-7-14)27-17(24)11-22-18(25)13-8-9-15(20)16(21)10-13/h3-10,12H,11H2,1-2H3,(H,22,25)/t12-/m0/s1. The van der Waals surface area contributed by atoms with E-state index in [-0.39, 0.29) is 23.0 Å². The average Bonchev–Trinajstić information content (AvgIpc) is 2.67. The summed E-state index contributed by atoms with van der Waals surface area (Å²) in [6.07, 6.45) is -0.996. The molecule has 2 amide bonds. The lowest BCUT2D eigenvalue weighted by Crippen LogP contribution is -2.39. The van der Waals surface area contributed by atoms with Gasteiger partial charge in [-0.25, -0.2) is 0 Å². The zero-order chi connectivity index (χ0) is 20.0. The number of halogens is 2. The van der Waals surface area contributed by atoms with Gasteiger partial charge in [0.15, 0.2) is 6.10 Å². The van der Waals surface area contributed by atoms with Crippen LogP contribution in [0.25, 0.3) is 0 Å². The molecule has 2 rings (SSSR count). The molecule has 0 aliphatic rings. The van der Waals surface area contributed by atoms with Crippen molar-refractivity contribution in [3.8, 4) is 0 Å². The summed E-state index contributed by atoms with van der Waals surface area (Å²) in [7, 11) is 1.59. The lowest BCUT2D eigenvalue weighted by molar-refractivity contribution is -0.152. The van der Waals surface area contributed by atoms with E-state index in [1.54, 1.807) is 31.3 Å². The minimum atomic E-state index is -0.996. The second-order valence-corrected chi connectivity index (χ2v) is 6.49. The molecule has 1 atom stereocenters. The monoisotopic (exact) mass is 408 g/mol. The highest BCUT2D eigenvalue weighted by molar-refractivity contribution is 6.42. The molecule has 0 saturated heterocycles. The first-order valence-electron chi connectivity index (χ1n) is 8.05. The van der Waals surface area contributed by atoms with Gasteiger partial charge in [-0.3, -0.25) is 14.4 Å². The van der Waals surface area contributed by atoms with Crippen LogP contribution in [0.2, 0.25) is 10.0 Å². The van der Waals surface area contributed by atoms with Crippen LogP contribution in [0, 0.1) is 0 Å². The van der Waals surface area contributed by atoms with Gasteiger partial charge in [-0.15, -0.1) is 0 Å². The third-order valence-electron chi connectivity index (χ3n) is 3.71. The van der Waals surface area contributed by atoms with E-state index in [0.717, 1.165) is 0 Å². The number of carbonyl (C=O) groups excluding carboxylic acids is 3. The molecule has 6 nitrogen and oxygen atoms in total. The Hall–Kier alpha value is -2.57. The molecule has 0 heterocycles. The number of esters is 1. The molecular weight excluding hydrogens is 391 g/mol. The van der Waals surface area contributed by atoms with E-state index in [1.165, 1.54) is 30.0 Å². The maximum atomic E-state index is 12.3. The van der Waals surface area contributed by atoms with Crippen molar-refractivity contribution in [1.82, 2.24) is 5.32 Å². The molecule has 1 N–H and O–H groups in total. The smallest absolute Gasteiger partial charge is 0.326 e. The van der Waals surface area contributed by atoms with Gasteiger partial charge in [-0.2, -0.15) is 0 Å². The first-order chi connectivity index (χ1) is 12.8. The molecule has 0 aliphatic carbocycles. The van der Waals surface area contributed by atoms with Crippen LogP contribution in [0.5, 0.6) is 0 Å². The summed E-state index contributed by atoms with van der Waals surface area (Å²) in [5, 5.41) is 2.96. The van der Waals surface area contributed by atoms with E-state index >= 15 is 0 Å². The number of hydrogen-bond donors (Lipinski definition) is 1. The van der Waals surface area contributed by atoms with Crippen LogP contribution >= 0.6 is 23.2 Å². The molecule has 0 aliphatic heterocycles. The quantitative estimate of drug-likeness (QED) is 0.743. The predicted molar refractivity (Wildman–Crippen MR) is 104 cm³/mol. The summed E-state index contributed by atoms with van der Waals surface area (Å²) >= 11 is 11.7. The number of amides is 2. The molecule has 0 unspecified atom stereocenters. The van der Waals surface area contributed by atoms with Gasteiger partial charge in [0.25, 0.3) is 11.8 Å². The number of carbonyl (C=O) groups is 3. The number of benzene rings is 2. The first kappa shape index (κ1) is 20.7. The summed E-state index contributed by atoms with van der Waals surface area (Å²) < 4.78 is 5.09. The van der Waals surface area contributed by atoms with Gasteiger partial charge < -0.3 is 15.0 Å². The minimum Gasteiger partial charge on any atom is -0.451 e. The lowest BCUT2D eigenvalue weighted by Gasteiger charge is -2.21. The van der Waals surface area contributed by atoms with Gasteiger partial charge in [0.2, 0.25) is 0 Å². The number of ether oxygens (including phenoxy) is 1. The Bertz CT molecular complexity index is 843. The predicted octanol–water partition coefficient (Wildman–Crippen LogP) is 3.32. The van der Waals surface area contributed by atoms with Crippen molar-refractivity contribution in [1.29, 1.82) is 0 Å². The molecule has 27 heavy (non-hydrogen) atoms. The van der Waals surface area contributed by atoms with Crippen LogP contribution in [0.3, 0.4) is 0 Å². The molecule has 2 aromatic carbocycles. The van der Waals surface area contributed by atoms with Crippen molar-refractivity contribution in [2.75, 3.05) is 18.5 Å². The van der Waals surface area contributed by atoms with Crippen LogP contribution in [0.1, 0.15) is 17.3 Å². The van der Waals surface area contributed by atoms with Crippen molar-refractivity contribution in [3.05, 3.63) is 64.1 Å². The molecule has 0 saturated carbocycles. The zero-order valence-corrected chi connectivity index (χ0v) is 16.3. The van der Waals surface area contributed by atoms with E-state index in [0.29, 0.717) is 10.7 Å². The highest BCUT2D eigenvalue weighted by Gasteiger charge is 2.22. The van der Waals surface area contributed by atoms with Crippen molar-refractivity contribution >= 4 is 46.7 Å². The van der Waals surface area contributed by atoms with Gasteiger partial charge >= 0.3 is 5.97 Å². The fraction of sp³-hybridized carbons (Fsp3) is 0.211. The van der Waals surface area contributed by atoms with Crippen molar-refractivity contribution in [2.24, 2.45) is 0 Å². The molecule has 0 aromatic heterocycles. The highest BCUT2D eigenvalue weighted by atomic mass is 35.5. The SMILES string of the molecule is C[C@H](OC(=O)CNC(=O)c1ccc(Cl)c(Cl)c1)C(=O)N(C)c1ccccc1. The van der Waals surface area contributed by atoms with Crippen molar-refractivity contribution in [2.45, 2.75) is 13.0 Å². The Morgan fingerprint density at radius 3 is 2.37 bits per heavy atom. The van der Waals surface area contributed by atoms with Gasteiger partial charge in [-0.05, 0) is 37.3 Å². The Morgan fingerprint density at radius 1 is 1.07 bits per heavy atom. The van der Waals surface area contributed by atoms with Gasteiger partial charge in [0.1, 0.15) is 6.54 Å². The number of rotatable bonds is 6. The Balaban J connectivity index is 1.86. The molecular formula is C19H18Cl2N2O4. The van der Waals surface area contributed by atoms with Crippen LogP contribution in [0.15, 0.2) is 48.5 Å². The van der Waals surface area contributed by atoms with Crippen LogP contribution in [0.4, 0.5) is 5.69 Å². The minimum absolute atomic E-state index is 0.232. The fourth-order valence-electron chi connectivity index (χ4n) is 2.23. The maximum Gasteiger partial charge on any atom is 0.326 e. The van der Waals surface area contributed by atoms with E-state index < -0.39 is 18.0 Å². The second kappa shape index (κ2) is 9.39. The van der Waals surface area contributed by atoms with E-state index in [2.05, 4.69) is 5.32 Å². The number of para-hydroxylation sites is 1. The van der Waals surface area contributed by atoms with E-state index in [1.807, 2.05) is 6.07 Å². The highest BCUT2D eigenvalue weighted by Crippen LogP contribution is 2.22. The largest absolute Gasteiger partial charge is 0.451 e. The molecule has 0 fully saturated rings. The summed E-state index contributed by atoms with van der Waals surface area (Å²) in [4.78, 5) is 37.7. The molecule has 0 bridgehead atoms. The normalized spacial score (nSPS) is 11.4. The van der Waals surface area contributed by atoms with Crippen LogP contribution in [-0.4, -0.2) is 37.5 Å². The maximum absolute atomic E-state index is 12.3. The van der Waals surface area contributed by atoms with Crippen LogP contribution in [-0.2, 0) is 14.3 Å². The topological polar surface area (TPSA) is 75.7 Å². The molecule has 0 spiro atoms. The number of hydrogen-bond acceptors (Lipinski definition) is 4. The lowest BCUT2D eigenvalue weighted by atomic mass is 10.2. The van der Waals surface area contributed by atoms with Gasteiger partial charge in [0.05, 0.1) is 10.0 Å². The second-order valence-electron chi connectivity index (χ2n) is 5.68. The zero-order valence-electron chi connectivity index (χ0n) is 14.7. The van der Waals surface area contributed by atoms with Crippen molar-refractivity contribution < 1.29 is 19.1 Å². The average molecular weight is 409 g/mol. The van der Waals surface area contributed by atoms with Gasteiger partial charge in [0, 0.05) is 18.3 Å². The third kappa shape index (κ3) is 5.70. The Morgan fingerprint density at radius 2 is 1.74 bits per heavy atom. The number of likely N-dealkylation sites (N-methyl/N-ethyl adjacent to an activating group) is 1. The van der Waals surface area contributed by atoms with Crippen molar-refractivity contribution in [3.63, 3.8) is 0 Å². The molecule has 0 radical (unpaired) electrons. The van der Waals surface area contributed by atoms with Crippen LogP contribution < -0.4 is 10.2 Å². The van der Waals surface area contributed by atoms with E-state index in [9.17, 15) is 14.4 Å². The molecule has 8 heteroatoms. The molecule has 2 aromatic rings. The summed E-state index contributed by atoms with van der Waals surface area (Å²) in [6, 6.07) is 13.3. The number of nitrogens with one attached hydrogen (secondary N) is 1. The van der Waals surface area contributed by atoms with Gasteiger partial charge in [-0.1, -0.05) is 41.4 Å². The summed E-state index contributed by atoms with van der Waals surface area (Å²) in [5.74, 6) is -1.62. The number of nitrogens with zero attached hydrogens (tertiary/aromatic N) is 1. The molecule has 142 valence electrons. The number of anilines is 1.